The first-order valence-electron chi connectivity index (χ1n) is 10.3. The second-order valence-corrected chi connectivity index (χ2v) is 9.62. The van der Waals surface area contributed by atoms with Gasteiger partial charge in [0.25, 0.3) is 0 Å². The van der Waals surface area contributed by atoms with Crippen LogP contribution in [0.3, 0.4) is 0 Å². The van der Waals surface area contributed by atoms with Crippen LogP contribution in [0.4, 0.5) is 0 Å². The van der Waals surface area contributed by atoms with Gasteiger partial charge in [0, 0.05) is 18.9 Å². The second-order valence-electron chi connectivity index (χ2n) is 9.35. The molecule has 10 heteroatoms. The number of epoxide rings is 2. The van der Waals surface area contributed by atoms with Gasteiger partial charge < -0.3 is 28.8 Å². The Hall–Kier alpha value is -1.68. The summed E-state index contributed by atoms with van der Waals surface area (Å²) in [6, 6.07) is 0. The lowest BCUT2D eigenvalue weighted by Gasteiger charge is -2.28. The van der Waals surface area contributed by atoms with Crippen LogP contribution in [0, 0.1) is 0 Å². The maximum atomic E-state index is 12.7. The summed E-state index contributed by atoms with van der Waals surface area (Å²) in [6.07, 6.45) is -0.480. The Labute approximate surface area is 184 Å². The summed E-state index contributed by atoms with van der Waals surface area (Å²) in [5.41, 5.74) is -2.50. The normalized spacial score (nSPS) is 40.5. The molecule has 1 N–H and O–H groups in total. The number of esters is 3. The topological polar surface area (TPSA) is 124 Å². The molecule has 0 bridgehead atoms. The van der Waals surface area contributed by atoms with E-state index in [-0.39, 0.29) is 30.6 Å². The van der Waals surface area contributed by atoms with E-state index in [4.69, 9.17) is 35.3 Å². The molecule has 31 heavy (non-hydrogen) atoms. The number of carbonyl (C=O) groups excluding carboxylic acids is 3. The maximum absolute atomic E-state index is 12.7. The van der Waals surface area contributed by atoms with E-state index in [1.165, 1.54) is 13.8 Å². The van der Waals surface area contributed by atoms with Crippen LogP contribution >= 0.6 is 11.6 Å². The van der Waals surface area contributed by atoms with Gasteiger partial charge in [-0.2, -0.15) is 0 Å². The third kappa shape index (κ3) is 4.08. The number of carbonyl (C=O) groups is 3. The van der Waals surface area contributed by atoms with Gasteiger partial charge in [0.15, 0.2) is 11.7 Å². The van der Waals surface area contributed by atoms with Crippen LogP contribution in [0.15, 0.2) is 11.1 Å². The van der Waals surface area contributed by atoms with Gasteiger partial charge in [-0.3, -0.25) is 4.79 Å². The predicted molar refractivity (Wildman–Crippen MR) is 105 cm³/mol. The van der Waals surface area contributed by atoms with Crippen molar-refractivity contribution in [3.8, 4) is 0 Å². The molecular weight excluding hydrogens is 432 g/mol. The van der Waals surface area contributed by atoms with Crippen molar-refractivity contribution in [2.24, 2.45) is 0 Å². The Kier molecular flexibility index (Phi) is 5.40. The Morgan fingerprint density at radius 1 is 1.29 bits per heavy atom. The van der Waals surface area contributed by atoms with Crippen LogP contribution in [-0.4, -0.2) is 76.7 Å². The number of fused-ring (bicyclic) bond motifs is 4. The van der Waals surface area contributed by atoms with Gasteiger partial charge in [0.2, 0.25) is 0 Å². The number of ether oxygens (including phenoxy) is 5. The minimum absolute atomic E-state index is 0.0454. The molecule has 0 aromatic carbocycles. The minimum atomic E-state index is -1.91. The second kappa shape index (κ2) is 7.43. The van der Waals surface area contributed by atoms with Crippen LogP contribution in [0.1, 0.15) is 47.0 Å². The van der Waals surface area contributed by atoms with Gasteiger partial charge in [0.1, 0.15) is 18.8 Å². The van der Waals surface area contributed by atoms with Crippen molar-refractivity contribution in [1.82, 2.24) is 0 Å². The highest BCUT2D eigenvalue weighted by atomic mass is 35.5. The van der Waals surface area contributed by atoms with Crippen molar-refractivity contribution in [2.75, 3.05) is 12.5 Å². The van der Waals surface area contributed by atoms with Crippen molar-refractivity contribution < 1.29 is 43.2 Å². The zero-order chi connectivity index (χ0) is 22.8. The molecule has 0 unspecified atom stereocenters. The highest BCUT2D eigenvalue weighted by Crippen LogP contribution is 2.54. The zero-order valence-electron chi connectivity index (χ0n) is 17.9. The molecule has 0 aromatic heterocycles. The van der Waals surface area contributed by atoms with Gasteiger partial charge in [-0.25, -0.2) is 9.59 Å². The van der Waals surface area contributed by atoms with Crippen molar-refractivity contribution in [3.05, 3.63) is 11.1 Å². The summed E-state index contributed by atoms with van der Waals surface area (Å²) in [7, 11) is 0. The average molecular weight is 459 g/mol. The van der Waals surface area contributed by atoms with Gasteiger partial charge in [-0.1, -0.05) is 0 Å². The number of hydrogen-bond acceptors (Lipinski definition) is 9. The smallest absolute Gasteiger partial charge is 0.339 e. The Balaban J connectivity index is 1.74. The highest BCUT2D eigenvalue weighted by molar-refractivity contribution is 6.20. The van der Waals surface area contributed by atoms with Gasteiger partial charge in [-0.05, 0) is 33.6 Å². The molecule has 3 fully saturated rings. The molecule has 3 heterocycles. The van der Waals surface area contributed by atoms with E-state index < -0.39 is 53.0 Å². The van der Waals surface area contributed by atoms with Gasteiger partial charge in [0.05, 0.1) is 28.8 Å². The third-order valence-corrected chi connectivity index (χ3v) is 7.12. The summed E-state index contributed by atoms with van der Waals surface area (Å²) in [6.45, 7) is 6.02. The fraction of sp³-hybridized carbons (Fsp3) is 0.762. The number of halogens is 1. The molecule has 172 valence electrons. The number of alkyl halides is 1. The Morgan fingerprint density at radius 3 is 2.65 bits per heavy atom. The number of aliphatic hydroxyl groups is 1. The van der Waals surface area contributed by atoms with Gasteiger partial charge >= 0.3 is 17.9 Å². The molecule has 2 saturated heterocycles. The van der Waals surface area contributed by atoms with Crippen molar-refractivity contribution in [2.45, 2.75) is 88.2 Å². The molecule has 0 radical (unpaired) electrons. The van der Waals surface area contributed by atoms with E-state index in [0.29, 0.717) is 5.57 Å². The van der Waals surface area contributed by atoms with Crippen molar-refractivity contribution in [3.63, 3.8) is 0 Å². The fourth-order valence-electron chi connectivity index (χ4n) is 4.44. The zero-order valence-corrected chi connectivity index (χ0v) is 18.7. The Bertz CT molecular complexity index is 852. The van der Waals surface area contributed by atoms with Crippen LogP contribution in [0.2, 0.25) is 0 Å². The average Bonchev–Trinajstić information content (AvgIpc) is 3.51. The minimum Gasteiger partial charge on any atom is -0.461 e. The molecular formula is C21H27ClO9. The Morgan fingerprint density at radius 2 is 2.00 bits per heavy atom. The molecule has 3 aliphatic heterocycles. The monoisotopic (exact) mass is 458 g/mol. The third-order valence-electron chi connectivity index (χ3n) is 6.60. The van der Waals surface area contributed by atoms with E-state index in [2.05, 4.69) is 0 Å². The molecule has 1 saturated carbocycles. The molecule has 1 aliphatic carbocycles. The first kappa shape index (κ1) is 22.5. The summed E-state index contributed by atoms with van der Waals surface area (Å²) >= 11 is 5.73. The van der Waals surface area contributed by atoms with Crippen LogP contribution in [0.5, 0.6) is 0 Å². The number of hydrogen-bond donors (Lipinski definition) is 1. The highest BCUT2D eigenvalue weighted by Gasteiger charge is 2.65. The van der Waals surface area contributed by atoms with E-state index in [0.717, 1.165) is 12.8 Å². The molecule has 0 aromatic rings. The lowest BCUT2D eigenvalue weighted by atomic mass is 9.83. The van der Waals surface area contributed by atoms with Crippen molar-refractivity contribution >= 4 is 29.5 Å². The molecule has 9 nitrogen and oxygen atoms in total. The molecule has 4 aliphatic rings. The maximum Gasteiger partial charge on any atom is 0.339 e. The van der Waals surface area contributed by atoms with Gasteiger partial charge in [-0.15, -0.1) is 11.6 Å². The van der Waals surface area contributed by atoms with E-state index in [9.17, 15) is 19.5 Å². The molecule has 0 amide bonds. The summed E-state index contributed by atoms with van der Waals surface area (Å²) in [4.78, 5) is 36.8. The predicted octanol–water partition coefficient (Wildman–Crippen LogP) is 1.17. The summed E-state index contributed by atoms with van der Waals surface area (Å²) in [5.74, 6) is -2.51. The van der Waals surface area contributed by atoms with Crippen molar-refractivity contribution in [1.29, 1.82) is 0 Å². The SMILES string of the molecule is CC(=O)OCC1=C2[C@@H](OC(=O)[C@@](C)(O)CCl)C[C@@]3(C)O[C@@H]3CC[C@@]3(C)O[C@@H]3[C@H]2OC1=O. The lowest BCUT2D eigenvalue weighted by molar-refractivity contribution is -0.166. The largest absolute Gasteiger partial charge is 0.461 e. The van der Waals surface area contributed by atoms with Crippen LogP contribution in [-0.2, 0) is 38.1 Å². The lowest BCUT2D eigenvalue weighted by Crippen LogP contribution is -2.43. The van der Waals surface area contributed by atoms with E-state index in [1.54, 1.807) is 0 Å². The first-order valence-corrected chi connectivity index (χ1v) is 10.9. The van der Waals surface area contributed by atoms with E-state index >= 15 is 0 Å². The quantitative estimate of drug-likeness (QED) is 0.280. The molecule has 4 rings (SSSR count). The van der Waals surface area contributed by atoms with Crippen LogP contribution < -0.4 is 0 Å². The summed E-state index contributed by atoms with van der Waals surface area (Å²) in [5, 5.41) is 10.3. The molecule has 7 atom stereocenters. The first-order chi connectivity index (χ1) is 14.4. The van der Waals surface area contributed by atoms with E-state index in [1.807, 2.05) is 13.8 Å². The summed E-state index contributed by atoms with van der Waals surface area (Å²) < 4.78 is 28.2. The standard InChI is InChI=1S/C21H27ClO9/c1-10(23)27-8-11-14-12(28-18(25)19(2,26)9-22)7-21(4)13(30-21)5-6-20(3)16(31-20)15(14)29-17(11)24/h12-13,15-16,26H,5-9H2,1-4H3/t12-,13+,15-,16+,19-,20+,21+/m0/s1. The van der Waals surface area contributed by atoms with Crippen LogP contribution in [0.25, 0.3) is 0 Å². The fourth-order valence-corrected chi connectivity index (χ4v) is 4.55. The molecule has 0 spiro atoms. The number of rotatable bonds is 5.